The summed E-state index contributed by atoms with van der Waals surface area (Å²) in [7, 11) is -3.78. The first-order valence-corrected chi connectivity index (χ1v) is 11.9. The van der Waals surface area contributed by atoms with Crippen molar-refractivity contribution >= 4 is 15.9 Å². The summed E-state index contributed by atoms with van der Waals surface area (Å²) >= 11 is 0. The van der Waals surface area contributed by atoms with Crippen molar-refractivity contribution in [2.45, 2.75) is 57.1 Å². The Hall–Kier alpha value is -2.36. The fourth-order valence-electron chi connectivity index (χ4n) is 4.02. The van der Waals surface area contributed by atoms with Crippen molar-refractivity contribution in [3.8, 4) is 0 Å². The number of hydrogen-bond donors (Lipinski definition) is 1. The van der Waals surface area contributed by atoms with E-state index in [1.165, 1.54) is 18.2 Å². The highest BCUT2D eigenvalue weighted by molar-refractivity contribution is 7.89. The molecule has 0 saturated carbocycles. The Morgan fingerprint density at radius 3 is 2.44 bits per heavy atom. The van der Waals surface area contributed by atoms with Crippen LogP contribution in [0, 0.1) is 11.6 Å². The van der Waals surface area contributed by atoms with Gasteiger partial charge in [-0.1, -0.05) is 30.3 Å². The van der Waals surface area contributed by atoms with Crippen LogP contribution in [0.5, 0.6) is 0 Å². The Morgan fingerprint density at radius 2 is 1.81 bits per heavy atom. The summed E-state index contributed by atoms with van der Waals surface area (Å²) in [6, 6.07) is 10.5. The lowest BCUT2D eigenvalue weighted by Crippen LogP contribution is -2.44. The monoisotopic (exact) mass is 466 g/mol. The van der Waals surface area contributed by atoms with Gasteiger partial charge >= 0.3 is 0 Å². The summed E-state index contributed by atoms with van der Waals surface area (Å²) < 4.78 is 63.2. The normalized spacial score (nSPS) is 21.4. The summed E-state index contributed by atoms with van der Waals surface area (Å²) in [6.07, 6.45) is 1.07. The predicted octanol–water partition coefficient (Wildman–Crippen LogP) is 3.76. The second-order valence-electron chi connectivity index (χ2n) is 8.60. The molecule has 0 radical (unpaired) electrons. The van der Waals surface area contributed by atoms with Crippen molar-refractivity contribution in [1.29, 1.82) is 0 Å². The van der Waals surface area contributed by atoms with Crippen LogP contribution in [0.1, 0.15) is 55.6 Å². The van der Waals surface area contributed by atoms with Crippen LogP contribution in [0.3, 0.4) is 0 Å². The first kappa shape index (κ1) is 24.3. The van der Waals surface area contributed by atoms with Crippen molar-refractivity contribution < 1.29 is 26.7 Å². The largest absolute Gasteiger partial charge is 0.368 e. The fourth-order valence-corrected chi connectivity index (χ4v) is 6.21. The number of benzene rings is 2. The van der Waals surface area contributed by atoms with Crippen LogP contribution in [0.2, 0.25) is 0 Å². The molecule has 6 nitrogen and oxygen atoms in total. The van der Waals surface area contributed by atoms with Crippen LogP contribution in [-0.2, 0) is 31.7 Å². The van der Waals surface area contributed by atoms with Crippen molar-refractivity contribution in [2.24, 2.45) is 5.73 Å². The highest BCUT2D eigenvalue weighted by Gasteiger charge is 2.41. The first-order valence-electron chi connectivity index (χ1n) is 10.4. The zero-order chi connectivity index (χ0) is 23.7. The number of primary amides is 1. The van der Waals surface area contributed by atoms with Gasteiger partial charge in [0.1, 0.15) is 23.5 Å². The van der Waals surface area contributed by atoms with Gasteiger partial charge in [-0.2, -0.15) is 4.31 Å². The number of sulfonamides is 1. The number of ether oxygens (including phenoxy) is 1. The van der Waals surface area contributed by atoms with Crippen LogP contribution in [0.15, 0.2) is 42.5 Å². The molecule has 174 valence electrons. The summed E-state index contributed by atoms with van der Waals surface area (Å²) in [5.74, 6) is -2.23. The van der Waals surface area contributed by atoms with Gasteiger partial charge in [0, 0.05) is 23.7 Å². The highest BCUT2D eigenvalue weighted by Crippen LogP contribution is 2.38. The minimum absolute atomic E-state index is 0.0684. The summed E-state index contributed by atoms with van der Waals surface area (Å²) in [5.41, 5.74) is 4.29. The molecule has 32 heavy (non-hydrogen) atoms. The van der Waals surface area contributed by atoms with Gasteiger partial charge in [-0.05, 0) is 51.3 Å². The lowest BCUT2D eigenvalue weighted by molar-refractivity contribution is -0.128. The maximum Gasteiger partial charge on any atom is 0.243 e. The lowest BCUT2D eigenvalue weighted by atomic mass is 9.95. The van der Waals surface area contributed by atoms with E-state index in [0.717, 1.165) is 12.1 Å². The van der Waals surface area contributed by atoms with Gasteiger partial charge in [-0.25, -0.2) is 17.2 Å². The zero-order valence-corrected chi connectivity index (χ0v) is 19.2. The van der Waals surface area contributed by atoms with E-state index in [9.17, 15) is 22.0 Å². The molecular formula is C23H28F2N2O4S. The van der Waals surface area contributed by atoms with E-state index >= 15 is 0 Å². The molecule has 1 amide bonds. The van der Waals surface area contributed by atoms with E-state index < -0.39 is 45.0 Å². The topological polar surface area (TPSA) is 89.7 Å². The molecule has 1 saturated heterocycles. The molecule has 0 spiro atoms. The smallest absolute Gasteiger partial charge is 0.243 e. The summed E-state index contributed by atoms with van der Waals surface area (Å²) in [6.45, 7) is 4.03. The number of hydrogen-bond acceptors (Lipinski definition) is 4. The van der Waals surface area contributed by atoms with Gasteiger partial charge in [0.2, 0.25) is 15.9 Å². The Labute approximate surface area is 187 Å². The SMILES string of the molecule is C[C@H]1CC[C@H](c2ccccc2)S(=O)(=O)N1Cc1cc(F)c(C(C)(C)OCC(N)=O)cc1F. The average Bonchev–Trinajstić information content (AvgIpc) is 2.72. The Balaban J connectivity index is 1.90. The van der Waals surface area contributed by atoms with E-state index in [2.05, 4.69) is 0 Å². The number of rotatable bonds is 7. The highest BCUT2D eigenvalue weighted by atomic mass is 32.2. The molecular weight excluding hydrogens is 438 g/mol. The first-order chi connectivity index (χ1) is 14.9. The maximum atomic E-state index is 15.0. The van der Waals surface area contributed by atoms with E-state index in [4.69, 9.17) is 10.5 Å². The van der Waals surface area contributed by atoms with Crippen molar-refractivity contribution in [3.05, 3.63) is 70.8 Å². The van der Waals surface area contributed by atoms with Crippen LogP contribution >= 0.6 is 0 Å². The van der Waals surface area contributed by atoms with E-state index in [1.807, 2.05) is 6.07 Å². The molecule has 0 aromatic heterocycles. The third-order valence-electron chi connectivity index (χ3n) is 5.88. The Kier molecular flexibility index (Phi) is 7.02. The predicted molar refractivity (Wildman–Crippen MR) is 117 cm³/mol. The average molecular weight is 467 g/mol. The quantitative estimate of drug-likeness (QED) is 0.673. The number of nitrogens with two attached hydrogens (primary N) is 1. The van der Waals surface area contributed by atoms with Gasteiger partial charge in [0.15, 0.2) is 0 Å². The second kappa shape index (κ2) is 9.25. The summed E-state index contributed by atoms with van der Waals surface area (Å²) in [5, 5.41) is -0.729. The second-order valence-corrected chi connectivity index (χ2v) is 10.7. The molecule has 1 heterocycles. The maximum absolute atomic E-state index is 15.0. The molecule has 0 unspecified atom stereocenters. The van der Waals surface area contributed by atoms with E-state index in [0.29, 0.717) is 18.4 Å². The lowest BCUT2D eigenvalue weighted by Gasteiger charge is -2.37. The van der Waals surface area contributed by atoms with Crippen LogP contribution in [0.25, 0.3) is 0 Å². The molecule has 1 aliphatic heterocycles. The number of carbonyl (C=O) groups is 1. The van der Waals surface area contributed by atoms with Crippen LogP contribution in [0.4, 0.5) is 8.78 Å². The third-order valence-corrected chi connectivity index (χ3v) is 8.25. The van der Waals surface area contributed by atoms with Crippen LogP contribution in [-0.4, -0.2) is 31.3 Å². The summed E-state index contributed by atoms with van der Waals surface area (Å²) in [4.78, 5) is 11.0. The molecule has 2 N–H and O–H groups in total. The number of nitrogens with zero attached hydrogens (tertiary/aromatic N) is 1. The van der Waals surface area contributed by atoms with Gasteiger partial charge < -0.3 is 10.5 Å². The molecule has 2 aromatic carbocycles. The number of carbonyl (C=O) groups excluding carboxylic acids is 1. The molecule has 0 bridgehead atoms. The third kappa shape index (κ3) is 5.00. The van der Waals surface area contributed by atoms with Gasteiger partial charge in [0.25, 0.3) is 0 Å². The fraction of sp³-hybridized carbons (Fsp3) is 0.435. The molecule has 1 fully saturated rings. The van der Waals surface area contributed by atoms with E-state index in [-0.39, 0.29) is 23.7 Å². The van der Waals surface area contributed by atoms with Gasteiger partial charge in [0.05, 0.1) is 5.60 Å². The zero-order valence-electron chi connectivity index (χ0n) is 18.3. The van der Waals surface area contributed by atoms with Gasteiger partial charge in [-0.15, -0.1) is 0 Å². The molecule has 3 rings (SSSR count). The molecule has 0 aliphatic carbocycles. The van der Waals surface area contributed by atoms with E-state index in [1.54, 1.807) is 31.2 Å². The Bertz CT molecular complexity index is 1090. The molecule has 9 heteroatoms. The Morgan fingerprint density at radius 1 is 1.16 bits per heavy atom. The van der Waals surface area contributed by atoms with Crippen molar-refractivity contribution in [2.75, 3.05) is 6.61 Å². The number of amides is 1. The van der Waals surface area contributed by atoms with Crippen LogP contribution < -0.4 is 5.73 Å². The minimum atomic E-state index is -3.78. The molecule has 2 aromatic rings. The van der Waals surface area contributed by atoms with Crippen molar-refractivity contribution in [1.82, 2.24) is 4.31 Å². The number of halogens is 2. The molecule has 1 aliphatic rings. The minimum Gasteiger partial charge on any atom is -0.368 e. The standard InChI is InChI=1S/C23H28F2N2O4S/c1-15-9-10-21(16-7-5-4-6-8-16)32(29,30)27(15)13-17-11-20(25)18(12-19(17)24)23(2,3)31-14-22(26)28/h4-8,11-12,15,21H,9-10,13-14H2,1-3H3,(H2,26,28)/t15-,21+/m0/s1. The van der Waals surface area contributed by atoms with Crippen molar-refractivity contribution in [3.63, 3.8) is 0 Å². The van der Waals surface area contributed by atoms with Gasteiger partial charge in [-0.3, -0.25) is 4.79 Å². The molecule has 2 atom stereocenters.